The summed E-state index contributed by atoms with van der Waals surface area (Å²) in [5.74, 6) is 0.220. The maximum Gasteiger partial charge on any atom is 0.270 e. The van der Waals surface area contributed by atoms with E-state index in [1.54, 1.807) is 12.1 Å². The van der Waals surface area contributed by atoms with Gasteiger partial charge >= 0.3 is 0 Å². The van der Waals surface area contributed by atoms with Crippen molar-refractivity contribution in [1.29, 1.82) is 0 Å². The summed E-state index contributed by atoms with van der Waals surface area (Å²) >= 11 is 1.46. The second-order valence-corrected chi connectivity index (χ2v) is 7.05. The molecule has 1 N–H and O–H groups in total. The average molecular weight is 365 g/mol. The molecule has 1 amide bonds. The number of amides is 1. The molecule has 4 rings (SSSR count). The molecule has 0 radical (unpaired) electrons. The number of carbonyl (C=O) groups is 1. The monoisotopic (exact) mass is 365 g/mol. The normalized spacial score (nSPS) is 13.4. The predicted molar refractivity (Wildman–Crippen MR) is 101 cm³/mol. The van der Waals surface area contributed by atoms with Crippen molar-refractivity contribution in [3.05, 3.63) is 64.0 Å². The van der Waals surface area contributed by atoms with Gasteiger partial charge in [-0.2, -0.15) is 0 Å². The summed E-state index contributed by atoms with van der Waals surface area (Å²) in [5, 5.41) is 16.6. The van der Waals surface area contributed by atoms with Gasteiger partial charge in [0.05, 0.1) is 10.6 Å². The molecule has 0 saturated heterocycles. The number of aromatic nitrogens is 1. The highest BCUT2D eigenvalue weighted by Crippen LogP contribution is 2.33. The molecule has 6 nitrogen and oxygen atoms in total. The quantitative estimate of drug-likeness (QED) is 0.523. The number of anilines is 1. The molecule has 1 aromatic heterocycles. The lowest BCUT2D eigenvalue weighted by Crippen LogP contribution is -2.13. The first-order chi connectivity index (χ1) is 12.6. The molecule has 1 saturated carbocycles. The van der Waals surface area contributed by atoms with E-state index in [0.717, 1.165) is 29.1 Å². The molecule has 2 aromatic carbocycles. The van der Waals surface area contributed by atoms with Crippen LogP contribution in [0.5, 0.6) is 0 Å². The Kier molecular flexibility index (Phi) is 4.22. The van der Waals surface area contributed by atoms with Crippen LogP contribution in [0.25, 0.3) is 21.8 Å². The summed E-state index contributed by atoms with van der Waals surface area (Å²) in [7, 11) is 0. The van der Waals surface area contributed by atoms with E-state index in [0.29, 0.717) is 11.3 Å². The third-order valence-corrected chi connectivity index (χ3v) is 5.07. The van der Waals surface area contributed by atoms with Crippen LogP contribution in [0.1, 0.15) is 12.8 Å². The number of rotatable bonds is 5. The fraction of sp³-hybridized carbons (Fsp3) is 0.158. The van der Waals surface area contributed by atoms with Gasteiger partial charge in [0.25, 0.3) is 5.69 Å². The molecule has 7 heteroatoms. The van der Waals surface area contributed by atoms with Crippen LogP contribution < -0.4 is 5.32 Å². The maximum atomic E-state index is 11.9. The first-order valence-corrected chi connectivity index (χ1v) is 9.10. The Morgan fingerprint density at radius 1 is 1.15 bits per heavy atom. The molecule has 1 aliphatic rings. The summed E-state index contributed by atoms with van der Waals surface area (Å²) in [6, 6.07) is 14.0. The van der Waals surface area contributed by atoms with E-state index in [2.05, 4.69) is 10.3 Å². The zero-order valence-corrected chi connectivity index (χ0v) is 14.5. The van der Waals surface area contributed by atoms with Gasteiger partial charge in [-0.1, -0.05) is 24.3 Å². The van der Waals surface area contributed by atoms with Crippen molar-refractivity contribution in [3.8, 4) is 21.8 Å². The Hall–Kier alpha value is -3.06. The fourth-order valence-corrected chi connectivity index (χ4v) is 3.46. The molecule has 1 aliphatic carbocycles. The minimum atomic E-state index is -0.414. The molecule has 0 atom stereocenters. The van der Waals surface area contributed by atoms with Gasteiger partial charge in [-0.3, -0.25) is 14.9 Å². The zero-order chi connectivity index (χ0) is 18.1. The topological polar surface area (TPSA) is 85.1 Å². The number of nitrogens with one attached hydrogen (secondary N) is 1. The molecule has 26 heavy (non-hydrogen) atoms. The highest BCUT2D eigenvalue weighted by Gasteiger charge is 2.29. The van der Waals surface area contributed by atoms with Gasteiger partial charge in [0.1, 0.15) is 5.01 Å². The van der Waals surface area contributed by atoms with Crippen LogP contribution >= 0.6 is 11.3 Å². The van der Waals surface area contributed by atoms with E-state index in [1.165, 1.54) is 23.5 Å². The van der Waals surface area contributed by atoms with Crippen LogP contribution in [0.2, 0.25) is 0 Å². The van der Waals surface area contributed by atoms with Crippen molar-refractivity contribution in [2.24, 2.45) is 5.92 Å². The molecule has 0 unspecified atom stereocenters. The second kappa shape index (κ2) is 6.68. The molecular weight excluding hydrogens is 350 g/mol. The van der Waals surface area contributed by atoms with Crippen molar-refractivity contribution in [1.82, 2.24) is 4.98 Å². The summed E-state index contributed by atoms with van der Waals surface area (Å²) in [4.78, 5) is 27.0. The lowest BCUT2D eigenvalue weighted by molar-refractivity contribution is -0.384. The summed E-state index contributed by atoms with van der Waals surface area (Å²) in [5.41, 5.74) is 3.11. The van der Waals surface area contributed by atoms with Gasteiger partial charge < -0.3 is 5.32 Å². The van der Waals surface area contributed by atoms with Crippen LogP contribution in [0.3, 0.4) is 0 Å². The lowest BCUT2D eigenvalue weighted by Gasteiger charge is -2.05. The van der Waals surface area contributed by atoms with Gasteiger partial charge in [-0.25, -0.2) is 4.98 Å². The minimum absolute atomic E-state index is 0.0434. The Bertz CT molecular complexity index is 995. The Morgan fingerprint density at radius 3 is 2.69 bits per heavy atom. The van der Waals surface area contributed by atoms with Gasteiger partial charge in [-0.05, 0) is 25.0 Å². The first kappa shape index (κ1) is 16.4. The van der Waals surface area contributed by atoms with Crippen molar-refractivity contribution >= 4 is 28.6 Å². The number of hydrogen-bond acceptors (Lipinski definition) is 5. The van der Waals surface area contributed by atoms with Crippen LogP contribution in [-0.2, 0) is 4.79 Å². The molecule has 1 fully saturated rings. The summed E-state index contributed by atoms with van der Waals surface area (Å²) in [6.45, 7) is 0. The fourth-order valence-electron chi connectivity index (χ4n) is 2.64. The first-order valence-electron chi connectivity index (χ1n) is 8.22. The molecule has 1 heterocycles. The number of non-ortho nitro benzene ring substituents is 1. The Balaban J connectivity index is 1.59. The van der Waals surface area contributed by atoms with Gasteiger partial charge in [0.2, 0.25) is 5.91 Å². The van der Waals surface area contributed by atoms with Crippen molar-refractivity contribution in [2.75, 3.05) is 5.32 Å². The van der Waals surface area contributed by atoms with Crippen LogP contribution in [-0.4, -0.2) is 15.8 Å². The third-order valence-electron chi connectivity index (χ3n) is 4.18. The minimum Gasteiger partial charge on any atom is -0.326 e. The Labute approximate surface area is 153 Å². The van der Waals surface area contributed by atoms with Gasteiger partial charge in [0.15, 0.2) is 0 Å². The van der Waals surface area contributed by atoms with Gasteiger partial charge in [-0.15, -0.1) is 11.3 Å². The maximum absolute atomic E-state index is 11.9. The van der Waals surface area contributed by atoms with E-state index in [9.17, 15) is 14.9 Å². The summed E-state index contributed by atoms with van der Waals surface area (Å²) < 4.78 is 0. The van der Waals surface area contributed by atoms with Crippen LogP contribution in [0.15, 0.2) is 53.9 Å². The smallest absolute Gasteiger partial charge is 0.270 e. The molecule has 130 valence electrons. The number of nitro benzene ring substituents is 1. The third kappa shape index (κ3) is 3.48. The summed E-state index contributed by atoms with van der Waals surface area (Å²) in [6.07, 6.45) is 1.93. The van der Waals surface area contributed by atoms with Gasteiger partial charge in [0, 0.05) is 40.2 Å². The second-order valence-electron chi connectivity index (χ2n) is 6.19. The Morgan fingerprint density at radius 2 is 1.92 bits per heavy atom. The number of benzene rings is 2. The zero-order valence-electron chi connectivity index (χ0n) is 13.7. The number of thiazole rings is 1. The number of nitro groups is 1. The van der Waals surface area contributed by atoms with E-state index in [-0.39, 0.29) is 17.5 Å². The van der Waals surface area contributed by atoms with Crippen molar-refractivity contribution in [3.63, 3.8) is 0 Å². The van der Waals surface area contributed by atoms with E-state index in [1.807, 2.05) is 29.6 Å². The number of hydrogen-bond donors (Lipinski definition) is 1. The largest absolute Gasteiger partial charge is 0.326 e. The molecule has 0 aliphatic heterocycles. The molecule has 3 aromatic rings. The number of carbonyl (C=O) groups excluding carboxylic acids is 1. The highest BCUT2D eigenvalue weighted by atomic mass is 32.1. The van der Waals surface area contributed by atoms with Crippen LogP contribution in [0.4, 0.5) is 11.4 Å². The standard InChI is InChI=1S/C19H15N3O3S/c23-18(12-7-8-12)20-15-5-1-4-14(9-15)19-21-17(11-26-19)13-3-2-6-16(10-13)22(24)25/h1-6,9-12H,7-8H2,(H,20,23). The van der Waals surface area contributed by atoms with E-state index in [4.69, 9.17) is 0 Å². The molecule has 0 spiro atoms. The highest BCUT2D eigenvalue weighted by molar-refractivity contribution is 7.13. The van der Waals surface area contributed by atoms with E-state index >= 15 is 0 Å². The van der Waals surface area contributed by atoms with Crippen molar-refractivity contribution in [2.45, 2.75) is 12.8 Å². The SMILES string of the molecule is O=C(Nc1cccc(-c2nc(-c3cccc([N+](=O)[O-])c3)cs2)c1)C1CC1. The number of nitrogens with zero attached hydrogens (tertiary/aromatic N) is 2. The lowest BCUT2D eigenvalue weighted by atomic mass is 10.1. The van der Waals surface area contributed by atoms with Crippen molar-refractivity contribution < 1.29 is 9.72 Å². The molecule has 0 bridgehead atoms. The van der Waals surface area contributed by atoms with Crippen LogP contribution in [0, 0.1) is 16.0 Å². The van der Waals surface area contributed by atoms with E-state index < -0.39 is 4.92 Å². The predicted octanol–water partition coefficient (Wildman–Crippen LogP) is 4.73. The molecular formula is C19H15N3O3S. The average Bonchev–Trinajstić information content (AvgIpc) is 3.39.